The molecule has 0 radical (unpaired) electrons. The maximum atomic E-state index is 5.39. The van der Waals surface area contributed by atoms with Gasteiger partial charge in [0.1, 0.15) is 11.5 Å². The van der Waals surface area contributed by atoms with Crippen LogP contribution in [0.3, 0.4) is 0 Å². The summed E-state index contributed by atoms with van der Waals surface area (Å²) in [4.78, 5) is 4.36. The molecule has 0 aliphatic carbocycles. The zero-order valence-electron chi connectivity index (χ0n) is 16.7. The number of benzene rings is 3. The Hall–Kier alpha value is -3.37. The van der Waals surface area contributed by atoms with Crippen LogP contribution in [0.2, 0.25) is 0 Å². The molecule has 146 valence electrons. The van der Waals surface area contributed by atoms with E-state index in [2.05, 4.69) is 52.8 Å². The molecule has 4 nitrogen and oxygen atoms in total. The number of nitrogens with zero attached hydrogens (tertiary/aromatic N) is 1. The normalized spacial score (nSPS) is 10.8. The first kappa shape index (κ1) is 19.0. The second-order valence-electron chi connectivity index (χ2n) is 6.88. The molecular formula is C25H24N2O2. The van der Waals surface area contributed by atoms with E-state index in [1.807, 2.05) is 36.7 Å². The molecule has 0 fully saturated rings. The lowest BCUT2D eigenvalue weighted by Gasteiger charge is -2.13. The molecule has 0 aliphatic heterocycles. The highest BCUT2D eigenvalue weighted by Crippen LogP contribution is 2.32. The van der Waals surface area contributed by atoms with E-state index in [-0.39, 0.29) is 0 Å². The molecule has 29 heavy (non-hydrogen) atoms. The standard InChI is InChI=1S/C25H24N2O2/c1-28-21-9-6-18(7-10-21)15-27-16-20-8-11-23(24-12-13-26-17-25(20)24)19-4-3-5-22(14-19)29-2/h3-14,17,27H,15-16H2,1-2H3. The number of aromatic nitrogens is 1. The fraction of sp³-hybridized carbons (Fsp3) is 0.160. The van der Waals surface area contributed by atoms with Gasteiger partial charge in [-0.25, -0.2) is 0 Å². The molecule has 0 aliphatic rings. The molecule has 4 heteroatoms. The van der Waals surface area contributed by atoms with Crippen LogP contribution in [0.25, 0.3) is 21.9 Å². The van der Waals surface area contributed by atoms with Gasteiger partial charge in [0.05, 0.1) is 14.2 Å². The summed E-state index contributed by atoms with van der Waals surface area (Å²) in [6, 6.07) is 22.7. The molecule has 0 atom stereocenters. The molecule has 1 aromatic heterocycles. The molecule has 1 N–H and O–H groups in total. The third-order valence-corrected chi connectivity index (χ3v) is 5.09. The van der Waals surface area contributed by atoms with Crippen molar-refractivity contribution in [3.63, 3.8) is 0 Å². The smallest absolute Gasteiger partial charge is 0.119 e. The van der Waals surface area contributed by atoms with Crippen molar-refractivity contribution in [3.8, 4) is 22.6 Å². The lowest BCUT2D eigenvalue weighted by molar-refractivity contribution is 0.414. The van der Waals surface area contributed by atoms with E-state index in [0.29, 0.717) is 0 Å². The van der Waals surface area contributed by atoms with Crippen molar-refractivity contribution in [1.29, 1.82) is 0 Å². The summed E-state index contributed by atoms with van der Waals surface area (Å²) in [7, 11) is 3.38. The van der Waals surface area contributed by atoms with Gasteiger partial charge in [-0.05, 0) is 58.0 Å². The molecule has 4 aromatic rings. The molecule has 3 aromatic carbocycles. The summed E-state index contributed by atoms with van der Waals surface area (Å²) in [5, 5.41) is 5.89. The molecular weight excluding hydrogens is 360 g/mol. The molecule has 0 bridgehead atoms. The highest BCUT2D eigenvalue weighted by molar-refractivity contribution is 5.98. The molecule has 1 heterocycles. The van der Waals surface area contributed by atoms with Crippen LogP contribution < -0.4 is 14.8 Å². The summed E-state index contributed by atoms with van der Waals surface area (Å²) in [5.41, 5.74) is 4.77. The fourth-order valence-electron chi connectivity index (χ4n) is 3.53. The van der Waals surface area contributed by atoms with Crippen molar-refractivity contribution in [2.75, 3.05) is 14.2 Å². The maximum Gasteiger partial charge on any atom is 0.119 e. The van der Waals surface area contributed by atoms with E-state index >= 15 is 0 Å². The number of hydrogen-bond donors (Lipinski definition) is 1. The Bertz CT molecular complexity index is 1110. The third kappa shape index (κ3) is 4.23. The van der Waals surface area contributed by atoms with Gasteiger partial charge in [0, 0.05) is 30.9 Å². The quantitative estimate of drug-likeness (QED) is 0.475. The minimum atomic E-state index is 0.770. The van der Waals surface area contributed by atoms with Crippen LogP contribution in [0.5, 0.6) is 11.5 Å². The van der Waals surface area contributed by atoms with Crippen LogP contribution in [0.4, 0.5) is 0 Å². The largest absolute Gasteiger partial charge is 0.497 e. The van der Waals surface area contributed by atoms with Crippen molar-refractivity contribution in [3.05, 3.63) is 90.3 Å². The Morgan fingerprint density at radius 1 is 0.793 bits per heavy atom. The van der Waals surface area contributed by atoms with E-state index < -0.39 is 0 Å². The van der Waals surface area contributed by atoms with E-state index in [4.69, 9.17) is 9.47 Å². The van der Waals surface area contributed by atoms with Gasteiger partial charge >= 0.3 is 0 Å². The topological polar surface area (TPSA) is 43.4 Å². The average Bonchev–Trinajstić information content (AvgIpc) is 2.79. The first-order valence-corrected chi connectivity index (χ1v) is 9.62. The van der Waals surface area contributed by atoms with Crippen LogP contribution in [0.1, 0.15) is 11.1 Å². The summed E-state index contributed by atoms with van der Waals surface area (Å²) in [6.07, 6.45) is 3.80. The SMILES string of the molecule is COc1ccc(CNCc2ccc(-c3cccc(OC)c3)c3ccncc23)cc1. The van der Waals surface area contributed by atoms with Gasteiger partial charge in [0.25, 0.3) is 0 Å². The molecule has 0 unspecified atom stereocenters. The minimum absolute atomic E-state index is 0.770. The highest BCUT2D eigenvalue weighted by atomic mass is 16.5. The van der Waals surface area contributed by atoms with Crippen LogP contribution in [-0.2, 0) is 13.1 Å². The molecule has 4 rings (SSSR count). The van der Waals surface area contributed by atoms with Gasteiger partial charge in [-0.2, -0.15) is 0 Å². The molecule has 0 saturated carbocycles. The van der Waals surface area contributed by atoms with Gasteiger partial charge in [-0.3, -0.25) is 4.98 Å². The van der Waals surface area contributed by atoms with E-state index in [9.17, 15) is 0 Å². The molecule has 0 saturated heterocycles. The lowest BCUT2D eigenvalue weighted by atomic mass is 9.96. The first-order valence-electron chi connectivity index (χ1n) is 9.62. The molecule has 0 amide bonds. The van der Waals surface area contributed by atoms with Crippen LogP contribution in [0, 0.1) is 0 Å². The number of fused-ring (bicyclic) bond motifs is 1. The predicted molar refractivity (Wildman–Crippen MR) is 117 cm³/mol. The summed E-state index contributed by atoms with van der Waals surface area (Å²) in [6.45, 7) is 1.57. The zero-order valence-corrected chi connectivity index (χ0v) is 16.7. The number of pyridine rings is 1. The summed E-state index contributed by atoms with van der Waals surface area (Å²) < 4.78 is 10.6. The van der Waals surface area contributed by atoms with Gasteiger partial charge in [0.2, 0.25) is 0 Å². The fourth-order valence-corrected chi connectivity index (χ4v) is 3.53. The monoisotopic (exact) mass is 384 g/mol. The van der Waals surface area contributed by atoms with Crippen LogP contribution >= 0.6 is 0 Å². The van der Waals surface area contributed by atoms with E-state index in [0.717, 1.165) is 35.5 Å². The van der Waals surface area contributed by atoms with Gasteiger partial charge < -0.3 is 14.8 Å². The van der Waals surface area contributed by atoms with Gasteiger partial charge in [-0.15, -0.1) is 0 Å². The highest BCUT2D eigenvalue weighted by Gasteiger charge is 2.09. The lowest BCUT2D eigenvalue weighted by Crippen LogP contribution is -2.13. The zero-order chi connectivity index (χ0) is 20.1. The Kier molecular flexibility index (Phi) is 5.73. The van der Waals surface area contributed by atoms with E-state index in [1.165, 1.54) is 22.1 Å². The van der Waals surface area contributed by atoms with Gasteiger partial charge in [0.15, 0.2) is 0 Å². The van der Waals surface area contributed by atoms with Gasteiger partial charge in [-0.1, -0.05) is 36.4 Å². The van der Waals surface area contributed by atoms with Crippen LogP contribution in [-0.4, -0.2) is 19.2 Å². The van der Waals surface area contributed by atoms with Crippen LogP contribution in [0.15, 0.2) is 79.1 Å². The number of ether oxygens (including phenoxy) is 2. The Labute approximate surface area is 171 Å². The third-order valence-electron chi connectivity index (χ3n) is 5.09. The van der Waals surface area contributed by atoms with Crippen molar-refractivity contribution < 1.29 is 9.47 Å². The molecule has 0 spiro atoms. The Morgan fingerprint density at radius 3 is 2.41 bits per heavy atom. The van der Waals surface area contributed by atoms with Crippen molar-refractivity contribution in [2.24, 2.45) is 0 Å². The number of rotatable bonds is 7. The minimum Gasteiger partial charge on any atom is -0.497 e. The number of nitrogens with one attached hydrogen (secondary N) is 1. The second-order valence-corrected chi connectivity index (χ2v) is 6.88. The van der Waals surface area contributed by atoms with E-state index in [1.54, 1.807) is 14.2 Å². The predicted octanol–water partition coefficient (Wildman–Crippen LogP) is 5.21. The first-order chi connectivity index (χ1) is 14.3. The van der Waals surface area contributed by atoms with Crippen molar-refractivity contribution in [1.82, 2.24) is 10.3 Å². The number of methoxy groups -OCH3 is 2. The maximum absolute atomic E-state index is 5.39. The summed E-state index contributed by atoms with van der Waals surface area (Å²) >= 11 is 0. The summed E-state index contributed by atoms with van der Waals surface area (Å²) in [5.74, 6) is 1.73. The van der Waals surface area contributed by atoms with Crippen molar-refractivity contribution >= 4 is 10.8 Å². The Balaban J connectivity index is 1.57. The second kappa shape index (κ2) is 8.76. The number of hydrogen-bond acceptors (Lipinski definition) is 4. The average molecular weight is 384 g/mol. The van der Waals surface area contributed by atoms with Crippen molar-refractivity contribution in [2.45, 2.75) is 13.1 Å². The Morgan fingerprint density at radius 2 is 1.62 bits per heavy atom.